The first-order valence-corrected chi connectivity index (χ1v) is 7.13. The van der Waals surface area contributed by atoms with Gasteiger partial charge in [-0.2, -0.15) is 0 Å². The molecule has 1 saturated heterocycles. The lowest BCUT2D eigenvalue weighted by Crippen LogP contribution is -2.46. The lowest BCUT2D eigenvalue weighted by molar-refractivity contribution is -0.133. The van der Waals surface area contributed by atoms with Crippen molar-refractivity contribution >= 4 is 5.91 Å². The maximum Gasteiger partial charge on any atom is 0.239 e. The first-order valence-electron chi connectivity index (χ1n) is 7.13. The van der Waals surface area contributed by atoms with Crippen LogP contribution in [0.15, 0.2) is 0 Å². The fourth-order valence-corrected chi connectivity index (χ4v) is 2.44. The molecule has 0 aromatic carbocycles. The van der Waals surface area contributed by atoms with E-state index in [-0.39, 0.29) is 6.04 Å². The van der Waals surface area contributed by atoms with Gasteiger partial charge >= 0.3 is 0 Å². The van der Waals surface area contributed by atoms with Gasteiger partial charge in [0.15, 0.2) is 0 Å². The van der Waals surface area contributed by atoms with Crippen LogP contribution in [0.5, 0.6) is 0 Å². The average Bonchev–Trinajstić information content (AvgIpc) is 3.09. The Morgan fingerprint density at radius 3 is 2.35 bits per heavy atom. The van der Waals surface area contributed by atoms with Crippen molar-refractivity contribution in [2.45, 2.75) is 58.4 Å². The minimum atomic E-state index is -0.00877. The first kappa shape index (κ1) is 12.9. The molecule has 0 radical (unpaired) electrons. The van der Waals surface area contributed by atoms with E-state index in [9.17, 15) is 4.79 Å². The monoisotopic (exact) mass is 238 g/mol. The molecular weight excluding hydrogens is 212 g/mol. The van der Waals surface area contributed by atoms with E-state index in [4.69, 9.17) is 0 Å². The Morgan fingerprint density at radius 1 is 1.24 bits per heavy atom. The van der Waals surface area contributed by atoms with E-state index in [1.165, 1.54) is 38.5 Å². The van der Waals surface area contributed by atoms with Gasteiger partial charge in [-0.15, -0.1) is 0 Å². The number of carbonyl (C=O) groups excluding carboxylic acids is 1. The molecule has 2 fully saturated rings. The lowest BCUT2D eigenvalue weighted by atomic mass is 10.1. The summed E-state index contributed by atoms with van der Waals surface area (Å²) in [5.74, 6) is 0.302. The van der Waals surface area contributed by atoms with Crippen LogP contribution in [-0.2, 0) is 4.79 Å². The molecule has 0 aromatic rings. The second kappa shape index (κ2) is 5.38. The molecule has 3 nitrogen and oxygen atoms in total. The molecule has 0 aromatic heterocycles. The summed E-state index contributed by atoms with van der Waals surface area (Å²) in [4.78, 5) is 14.3. The van der Waals surface area contributed by atoms with Crippen molar-refractivity contribution in [1.82, 2.24) is 10.2 Å². The Kier molecular flexibility index (Phi) is 4.08. The zero-order chi connectivity index (χ0) is 12.3. The molecule has 0 spiro atoms. The SMILES string of the molecule is CC(NCC1(C)CC1)C(=O)N1CCCCCC1. The largest absolute Gasteiger partial charge is 0.341 e. The summed E-state index contributed by atoms with van der Waals surface area (Å²) in [6.07, 6.45) is 7.54. The van der Waals surface area contributed by atoms with Crippen molar-refractivity contribution < 1.29 is 4.79 Å². The number of amides is 1. The van der Waals surface area contributed by atoms with Crippen molar-refractivity contribution in [3.63, 3.8) is 0 Å². The predicted octanol–water partition coefficient (Wildman–Crippen LogP) is 2.17. The Labute approximate surface area is 105 Å². The minimum Gasteiger partial charge on any atom is -0.341 e. The number of rotatable bonds is 4. The van der Waals surface area contributed by atoms with Gasteiger partial charge in [-0.05, 0) is 38.0 Å². The fourth-order valence-electron chi connectivity index (χ4n) is 2.44. The standard InChI is InChI=1S/C14H26N2O/c1-12(15-11-14(2)7-8-14)13(17)16-9-5-3-4-6-10-16/h12,15H,3-11H2,1-2H3. The zero-order valence-electron chi connectivity index (χ0n) is 11.3. The van der Waals surface area contributed by atoms with E-state index in [1.54, 1.807) is 0 Å². The van der Waals surface area contributed by atoms with Crippen molar-refractivity contribution in [2.75, 3.05) is 19.6 Å². The molecule has 1 atom stereocenters. The van der Waals surface area contributed by atoms with Crippen LogP contribution in [-0.4, -0.2) is 36.5 Å². The van der Waals surface area contributed by atoms with E-state index in [0.29, 0.717) is 11.3 Å². The second-order valence-electron chi connectivity index (χ2n) is 6.15. The molecular formula is C14H26N2O. The van der Waals surface area contributed by atoms with Gasteiger partial charge in [0.1, 0.15) is 0 Å². The molecule has 1 aliphatic heterocycles. The number of hydrogen-bond acceptors (Lipinski definition) is 2. The van der Waals surface area contributed by atoms with Crippen LogP contribution >= 0.6 is 0 Å². The molecule has 1 heterocycles. The van der Waals surface area contributed by atoms with E-state index in [2.05, 4.69) is 17.1 Å². The highest BCUT2D eigenvalue weighted by Gasteiger charge is 2.37. The molecule has 1 saturated carbocycles. The fraction of sp³-hybridized carbons (Fsp3) is 0.929. The molecule has 0 bridgehead atoms. The second-order valence-corrected chi connectivity index (χ2v) is 6.15. The summed E-state index contributed by atoms with van der Waals surface area (Å²) in [7, 11) is 0. The third kappa shape index (κ3) is 3.70. The van der Waals surface area contributed by atoms with Gasteiger partial charge in [-0.1, -0.05) is 19.8 Å². The number of nitrogens with zero attached hydrogens (tertiary/aromatic N) is 1. The van der Waals surface area contributed by atoms with E-state index in [0.717, 1.165) is 19.6 Å². The average molecular weight is 238 g/mol. The highest BCUT2D eigenvalue weighted by Crippen LogP contribution is 2.44. The normalized spacial score (nSPS) is 25.2. The number of likely N-dealkylation sites (tertiary alicyclic amines) is 1. The van der Waals surface area contributed by atoms with Gasteiger partial charge in [0.2, 0.25) is 5.91 Å². The van der Waals surface area contributed by atoms with Gasteiger partial charge in [-0.3, -0.25) is 4.79 Å². The van der Waals surface area contributed by atoms with Crippen LogP contribution in [0, 0.1) is 5.41 Å². The summed E-state index contributed by atoms with van der Waals surface area (Å²) in [5.41, 5.74) is 0.479. The molecule has 2 rings (SSSR count). The van der Waals surface area contributed by atoms with Crippen LogP contribution < -0.4 is 5.32 Å². The Bertz CT molecular complexity index is 265. The van der Waals surface area contributed by atoms with E-state index in [1.807, 2.05) is 6.92 Å². The zero-order valence-corrected chi connectivity index (χ0v) is 11.3. The highest BCUT2D eigenvalue weighted by atomic mass is 16.2. The van der Waals surface area contributed by atoms with Crippen LogP contribution in [0.2, 0.25) is 0 Å². The number of nitrogens with one attached hydrogen (secondary N) is 1. The van der Waals surface area contributed by atoms with E-state index >= 15 is 0 Å². The molecule has 1 N–H and O–H groups in total. The Balaban J connectivity index is 1.76. The van der Waals surface area contributed by atoms with Gasteiger partial charge in [0, 0.05) is 19.6 Å². The summed E-state index contributed by atoms with van der Waals surface area (Å²) in [6.45, 7) is 7.22. The van der Waals surface area contributed by atoms with Crippen molar-refractivity contribution in [3.8, 4) is 0 Å². The Hall–Kier alpha value is -0.570. The van der Waals surface area contributed by atoms with Gasteiger partial charge in [0.25, 0.3) is 0 Å². The summed E-state index contributed by atoms with van der Waals surface area (Å²) in [6, 6.07) is -0.00877. The number of carbonyl (C=O) groups is 1. The quantitative estimate of drug-likeness (QED) is 0.814. The summed E-state index contributed by atoms with van der Waals surface area (Å²) < 4.78 is 0. The maximum atomic E-state index is 12.3. The van der Waals surface area contributed by atoms with E-state index < -0.39 is 0 Å². The molecule has 2 aliphatic rings. The first-order chi connectivity index (χ1) is 8.11. The van der Waals surface area contributed by atoms with Gasteiger partial charge < -0.3 is 10.2 Å². The molecule has 1 aliphatic carbocycles. The summed E-state index contributed by atoms with van der Waals surface area (Å²) in [5, 5.41) is 3.41. The highest BCUT2D eigenvalue weighted by molar-refractivity contribution is 5.81. The van der Waals surface area contributed by atoms with Gasteiger partial charge in [0.05, 0.1) is 6.04 Å². The smallest absolute Gasteiger partial charge is 0.239 e. The van der Waals surface area contributed by atoms with Crippen LogP contribution in [0.25, 0.3) is 0 Å². The molecule has 3 heteroatoms. The van der Waals surface area contributed by atoms with Crippen molar-refractivity contribution in [2.24, 2.45) is 5.41 Å². The van der Waals surface area contributed by atoms with Crippen LogP contribution in [0.4, 0.5) is 0 Å². The van der Waals surface area contributed by atoms with Crippen molar-refractivity contribution in [1.29, 1.82) is 0 Å². The summed E-state index contributed by atoms with van der Waals surface area (Å²) >= 11 is 0. The van der Waals surface area contributed by atoms with Crippen LogP contribution in [0.3, 0.4) is 0 Å². The molecule has 17 heavy (non-hydrogen) atoms. The predicted molar refractivity (Wildman–Crippen MR) is 69.9 cm³/mol. The van der Waals surface area contributed by atoms with Crippen LogP contribution in [0.1, 0.15) is 52.4 Å². The minimum absolute atomic E-state index is 0.00877. The number of hydrogen-bond donors (Lipinski definition) is 1. The topological polar surface area (TPSA) is 32.3 Å². The molecule has 98 valence electrons. The molecule has 1 unspecified atom stereocenters. The van der Waals surface area contributed by atoms with Crippen molar-refractivity contribution in [3.05, 3.63) is 0 Å². The van der Waals surface area contributed by atoms with Gasteiger partial charge in [-0.25, -0.2) is 0 Å². The third-order valence-corrected chi connectivity index (χ3v) is 4.23. The molecule has 1 amide bonds. The lowest BCUT2D eigenvalue weighted by Gasteiger charge is -2.25. The third-order valence-electron chi connectivity index (χ3n) is 4.23. The maximum absolute atomic E-state index is 12.3. The Morgan fingerprint density at radius 2 is 1.82 bits per heavy atom.